The number of esters is 1. The molecule has 11 heteroatoms. The van der Waals surface area contributed by atoms with E-state index in [0.717, 1.165) is 0 Å². The van der Waals surface area contributed by atoms with E-state index in [2.05, 4.69) is 20.4 Å². The molecule has 0 radical (unpaired) electrons. The molecule has 0 aromatic carbocycles. The maximum atomic E-state index is 12.5. The van der Waals surface area contributed by atoms with Gasteiger partial charge in [-0.3, -0.25) is 4.90 Å². The molecule has 1 aliphatic heterocycles. The molecular weight excluding hydrogens is 492 g/mol. The third-order valence-electron chi connectivity index (χ3n) is 4.13. The van der Waals surface area contributed by atoms with Crippen molar-refractivity contribution in [3.63, 3.8) is 0 Å². The van der Waals surface area contributed by atoms with E-state index in [4.69, 9.17) is 4.42 Å². The van der Waals surface area contributed by atoms with Gasteiger partial charge in [-0.05, 0) is 26.3 Å². The van der Waals surface area contributed by atoms with Crippen LogP contribution >= 0.6 is 24.0 Å². The van der Waals surface area contributed by atoms with Gasteiger partial charge in [0.2, 0.25) is 0 Å². The lowest BCUT2D eigenvalue weighted by Gasteiger charge is -2.19. The highest BCUT2D eigenvalue weighted by molar-refractivity contribution is 14.0. The van der Waals surface area contributed by atoms with Crippen molar-refractivity contribution in [3.8, 4) is 0 Å². The number of ether oxygens (including phenoxy) is 1. The number of aliphatic imine (C=N–C) groups is 1. The SMILES string of the molecule is CCNC(=NCc1cc(C(=O)OC)c(C)o1)NC1CCN(CC(F)(F)F)C1.I. The molecule has 1 atom stereocenters. The van der Waals surface area contributed by atoms with E-state index >= 15 is 0 Å². The van der Waals surface area contributed by atoms with Crippen molar-refractivity contribution in [1.82, 2.24) is 15.5 Å². The second-order valence-corrected chi connectivity index (χ2v) is 6.35. The minimum Gasteiger partial charge on any atom is -0.465 e. The molecule has 0 saturated carbocycles. The summed E-state index contributed by atoms with van der Waals surface area (Å²) in [6.45, 7) is 4.14. The van der Waals surface area contributed by atoms with Gasteiger partial charge in [-0.2, -0.15) is 13.2 Å². The van der Waals surface area contributed by atoms with E-state index in [0.29, 0.717) is 49.1 Å². The number of nitrogens with zero attached hydrogens (tertiary/aromatic N) is 2. The van der Waals surface area contributed by atoms with E-state index in [9.17, 15) is 18.0 Å². The third-order valence-corrected chi connectivity index (χ3v) is 4.13. The van der Waals surface area contributed by atoms with Gasteiger partial charge in [-0.15, -0.1) is 24.0 Å². The number of hydrogen-bond donors (Lipinski definition) is 2. The van der Waals surface area contributed by atoms with Crippen LogP contribution in [0.1, 0.15) is 35.2 Å². The Labute approximate surface area is 179 Å². The predicted molar refractivity (Wildman–Crippen MR) is 109 cm³/mol. The number of aryl methyl sites for hydroxylation is 1. The van der Waals surface area contributed by atoms with Gasteiger partial charge in [0.05, 0.1) is 13.7 Å². The fourth-order valence-electron chi connectivity index (χ4n) is 2.95. The average molecular weight is 518 g/mol. The van der Waals surface area contributed by atoms with Gasteiger partial charge in [-0.25, -0.2) is 9.79 Å². The quantitative estimate of drug-likeness (QED) is 0.261. The number of carbonyl (C=O) groups is 1. The van der Waals surface area contributed by atoms with E-state index < -0.39 is 18.7 Å². The lowest BCUT2D eigenvalue weighted by Crippen LogP contribution is -2.45. The number of guanidine groups is 1. The molecular formula is C17H26F3IN4O3. The summed E-state index contributed by atoms with van der Waals surface area (Å²) in [6.07, 6.45) is -3.59. The number of methoxy groups -OCH3 is 1. The van der Waals surface area contributed by atoms with Crippen molar-refractivity contribution in [2.45, 2.75) is 39.0 Å². The number of nitrogens with one attached hydrogen (secondary N) is 2. The molecule has 1 aliphatic rings. The molecule has 7 nitrogen and oxygen atoms in total. The smallest absolute Gasteiger partial charge is 0.401 e. The van der Waals surface area contributed by atoms with Crippen LogP contribution in [0.4, 0.5) is 13.2 Å². The van der Waals surface area contributed by atoms with Crippen LogP contribution in [0.5, 0.6) is 0 Å². The number of likely N-dealkylation sites (tertiary alicyclic amines) is 1. The van der Waals surface area contributed by atoms with Gasteiger partial charge in [-0.1, -0.05) is 0 Å². The average Bonchev–Trinajstić information content (AvgIpc) is 3.17. The minimum atomic E-state index is -4.19. The molecule has 0 aliphatic carbocycles. The maximum absolute atomic E-state index is 12.5. The molecule has 1 fully saturated rings. The van der Waals surface area contributed by atoms with Crippen LogP contribution in [0.2, 0.25) is 0 Å². The van der Waals surface area contributed by atoms with Crippen LogP contribution in [0.15, 0.2) is 15.5 Å². The van der Waals surface area contributed by atoms with E-state index in [1.807, 2.05) is 6.92 Å². The van der Waals surface area contributed by atoms with Gasteiger partial charge in [0.15, 0.2) is 5.96 Å². The second kappa shape index (κ2) is 10.9. The number of furan rings is 1. The number of alkyl halides is 3. The number of carbonyl (C=O) groups excluding carboxylic acids is 1. The van der Waals surface area contributed by atoms with Gasteiger partial charge >= 0.3 is 12.1 Å². The van der Waals surface area contributed by atoms with Crippen LogP contribution < -0.4 is 10.6 Å². The molecule has 1 unspecified atom stereocenters. The van der Waals surface area contributed by atoms with Crippen LogP contribution in [-0.4, -0.2) is 62.3 Å². The highest BCUT2D eigenvalue weighted by atomic mass is 127. The molecule has 160 valence electrons. The Morgan fingerprint density at radius 2 is 2.18 bits per heavy atom. The standard InChI is InChI=1S/C17H25F3N4O3.HI/c1-4-21-16(23-12-5-6-24(9-12)10-17(18,19)20)22-8-13-7-14(11(2)27-13)15(25)26-3;/h7,12H,4-6,8-10H2,1-3H3,(H2,21,22,23);1H. The summed E-state index contributed by atoms with van der Waals surface area (Å²) in [5.41, 5.74) is 0.347. The predicted octanol–water partition coefficient (Wildman–Crippen LogP) is 2.68. The van der Waals surface area contributed by atoms with E-state index in [-0.39, 0.29) is 36.6 Å². The Morgan fingerprint density at radius 3 is 2.79 bits per heavy atom. The second-order valence-electron chi connectivity index (χ2n) is 6.35. The lowest BCUT2D eigenvalue weighted by molar-refractivity contribution is -0.143. The zero-order chi connectivity index (χ0) is 20.0. The van der Waals surface area contributed by atoms with Crippen molar-refractivity contribution in [1.29, 1.82) is 0 Å². The zero-order valence-electron chi connectivity index (χ0n) is 16.1. The fourth-order valence-corrected chi connectivity index (χ4v) is 2.95. The monoisotopic (exact) mass is 518 g/mol. The molecule has 2 rings (SSSR count). The molecule has 0 amide bonds. The van der Waals surface area contributed by atoms with Gasteiger partial charge in [0, 0.05) is 25.7 Å². The summed E-state index contributed by atoms with van der Waals surface area (Å²) in [5.74, 6) is 0.955. The van der Waals surface area contributed by atoms with Crippen LogP contribution in [0.25, 0.3) is 0 Å². The summed E-state index contributed by atoms with van der Waals surface area (Å²) in [5, 5.41) is 6.22. The van der Waals surface area contributed by atoms with E-state index in [1.165, 1.54) is 12.0 Å². The summed E-state index contributed by atoms with van der Waals surface area (Å²) < 4.78 is 47.7. The summed E-state index contributed by atoms with van der Waals surface area (Å²) >= 11 is 0. The van der Waals surface area contributed by atoms with Gasteiger partial charge in [0.25, 0.3) is 0 Å². The Morgan fingerprint density at radius 1 is 1.46 bits per heavy atom. The van der Waals surface area contributed by atoms with Crippen LogP contribution in [-0.2, 0) is 11.3 Å². The molecule has 1 aromatic rings. The van der Waals surface area contributed by atoms with Crippen molar-refractivity contribution < 1.29 is 27.1 Å². The molecule has 0 bridgehead atoms. The fraction of sp³-hybridized carbons (Fsp3) is 0.647. The maximum Gasteiger partial charge on any atom is 0.401 e. The molecule has 2 N–H and O–H groups in total. The van der Waals surface area contributed by atoms with Crippen LogP contribution in [0, 0.1) is 6.92 Å². The van der Waals surface area contributed by atoms with Crippen molar-refractivity contribution in [3.05, 3.63) is 23.2 Å². The minimum absolute atomic E-state index is 0. The highest BCUT2D eigenvalue weighted by Gasteiger charge is 2.34. The molecule has 28 heavy (non-hydrogen) atoms. The Kier molecular flexibility index (Phi) is 9.54. The third kappa shape index (κ3) is 7.49. The van der Waals surface area contributed by atoms with Crippen molar-refractivity contribution in [2.75, 3.05) is 33.3 Å². The number of rotatable bonds is 6. The highest BCUT2D eigenvalue weighted by Crippen LogP contribution is 2.20. The number of halogens is 4. The lowest BCUT2D eigenvalue weighted by atomic mass is 10.2. The molecule has 2 heterocycles. The van der Waals surface area contributed by atoms with Crippen molar-refractivity contribution >= 4 is 35.9 Å². The molecule has 1 aromatic heterocycles. The Bertz CT molecular complexity index is 679. The van der Waals surface area contributed by atoms with Gasteiger partial charge in [0.1, 0.15) is 23.6 Å². The zero-order valence-corrected chi connectivity index (χ0v) is 18.4. The first-order valence-corrected chi connectivity index (χ1v) is 8.73. The van der Waals surface area contributed by atoms with Gasteiger partial charge < -0.3 is 19.8 Å². The summed E-state index contributed by atoms with van der Waals surface area (Å²) in [4.78, 5) is 17.4. The summed E-state index contributed by atoms with van der Waals surface area (Å²) in [6, 6.07) is 1.46. The van der Waals surface area contributed by atoms with Crippen molar-refractivity contribution in [2.24, 2.45) is 4.99 Å². The first-order valence-electron chi connectivity index (χ1n) is 8.73. The Balaban J connectivity index is 0.00000392. The number of hydrogen-bond acceptors (Lipinski definition) is 5. The normalized spacial score (nSPS) is 17.9. The van der Waals surface area contributed by atoms with E-state index in [1.54, 1.807) is 13.0 Å². The largest absolute Gasteiger partial charge is 0.465 e. The first-order chi connectivity index (χ1) is 12.7. The van der Waals surface area contributed by atoms with Crippen LogP contribution in [0.3, 0.4) is 0 Å². The summed E-state index contributed by atoms with van der Waals surface area (Å²) in [7, 11) is 1.30. The molecule has 1 saturated heterocycles. The topological polar surface area (TPSA) is 79.1 Å². The molecule has 0 spiro atoms. The Hall–Kier alpha value is -1.50. The first kappa shape index (κ1) is 24.5.